The average Bonchev–Trinajstić information content (AvgIpc) is 2.53. The number of nitrogens with zero attached hydrogens (tertiary/aromatic N) is 1. The van der Waals surface area contributed by atoms with Crippen molar-refractivity contribution in [3.63, 3.8) is 0 Å². The minimum absolute atomic E-state index is 0.520. The van der Waals surface area contributed by atoms with Crippen LogP contribution in [0.2, 0.25) is 5.02 Å². The van der Waals surface area contributed by atoms with Gasteiger partial charge in [-0.3, -0.25) is 0 Å². The monoisotopic (exact) mass is 377 g/mol. The summed E-state index contributed by atoms with van der Waals surface area (Å²) in [5, 5.41) is 10.0. The normalized spacial score (nSPS) is 11.0. The van der Waals surface area contributed by atoms with Crippen LogP contribution < -0.4 is 9.47 Å². The van der Waals surface area contributed by atoms with Gasteiger partial charge in [0.05, 0.1) is 30.3 Å². The first-order chi connectivity index (χ1) is 10.6. The maximum atomic E-state index is 9.42. The lowest BCUT2D eigenvalue weighted by Crippen LogP contribution is -1.92. The molecule has 0 atom stereocenters. The number of rotatable bonds is 4. The second-order valence-electron chi connectivity index (χ2n) is 4.41. The quantitative estimate of drug-likeness (QED) is 0.543. The molecule has 2 rings (SSSR count). The van der Waals surface area contributed by atoms with Gasteiger partial charge in [-0.05, 0) is 45.8 Å². The SMILES string of the molecule is COc1cc(OC)c(/C=C(/C#N)c2ccc(Cl)cc2)cc1Br. The number of ether oxygens (including phenoxy) is 2. The molecule has 0 aliphatic rings. The summed E-state index contributed by atoms with van der Waals surface area (Å²) in [5.41, 5.74) is 2.09. The molecule has 0 aromatic heterocycles. The van der Waals surface area contributed by atoms with Crippen molar-refractivity contribution in [1.82, 2.24) is 0 Å². The molecule has 0 N–H and O–H groups in total. The lowest BCUT2D eigenvalue weighted by Gasteiger charge is -2.10. The van der Waals surface area contributed by atoms with Gasteiger partial charge in [0.1, 0.15) is 11.5 Å². The summed E-state index contributed by atoms with van der Waals surface area (Å²) in [6, 6.07) is 12.9. The number of nitriles is 1. The van der Waals surface area contributed by atoms with Gasteiger partial charge in [0.15, 0.2) is 0 Å². The molecular weight excluding hydrogens is 366 g/mol. The van der Waals surface area contributed by atoms with E-state index in [0.717, 1.165) is 15.6 Å². The maximum absolute atomic E-state index is 9.42. The van der Waals surface area contributed by atoms with Crippen molar-refractivity contribution in [2.75, 3.05) is 14.2 Å². The molecule has 0 amide bonds. The summed E-state index contributed by atoms with van der Waals surface area (Å²) in [6.45, 7) is 0. The van der Waals surface area contributed by atoms with E-state index in [9.17, 15) is 5.26 Å². The zero-order valence-electron chi connectivity index (χ0n) is 12.1. The van der Waals surface area contributed by atoms with Gasteiger partial charge in [-0.1, -0.05) is 23.7 Å². The Morgan fingerprint density at radius 1 is 1.14 bits per heavy atom. The lowest BCUT2D eigenvalue weighted by molar-refractivity contribution is 0.392. The highest BCUT2D eigenvalue weighted by Gasteiger charge is 2.10. The van der Waals surface area contributed by atoms with Crippen LogP contribution in [0.4, 0.5) is 0 Å². The Balaban J connectivity index is 2.52. The van der Waals surface area contributed by atoms with Crippen LogP contribution >= 0.6 is 27.5 Å². The number of benzene rings is 2. The third-order valence-electron chi connectivity index (χ3n) is 3.08. The average molecular weight is 379 g/mol. The predicted octanol–water partition coefficient (Wildman–Crippen LogP) is 5.18. The van der Waals surface area contributed by atoms with Gasteiger partial charge in [-0.2, -0.15) is 5.26 Å². The first-order valence-corrected chi connectivity index (χ1v) is 7.55. The van der Waals surface area contributed by atoms with Crippen LogP contribution in [-0.2, 0) is 0 Å². The fraction of sp³-hybridized carbons (Fsp3) is 0.118. The molecule has 112 valence electrons. The van der Waals surface area contributed by atoms with Crippen molar-refractivity contribution in [3.05, 3.63) is 57.0 Å². The standard InChI is InChI=1S/C17H13BrClNO2/c1-21-16-9-17(22-2)15(18)8-12(16)7-13(10-20)11-3-5-14(19)6-4-11/h3-9H,1-2H3/b13-7-. The highest BCUT2D eigenvalue weighted by Crippen LogP contribution is 2.34. The van der Waals surface area contributed by atoms with Crippen LogP contribution in [0.3, 0.4) is 0 Å². The van der Waals surface area contributed by atoms with E-state index in [1.54, 1.807) is 38.5 Å². The Labute approximate surface area is 142 Å². The van der Waals surface area contributed by atoms with E-state index in [2.05, 4.69) is 22.0 Å². The first-order valence-electron chi connectivity index (χ1n) is 6.38. The second kappa shape index (κ2) is 7.35. The van der Waals surface area contributed by atoms with Crippen LogP contribution in [0.15, 0.2) is 40.9 Å². The lowest BCUT2D eigenvalue weighted by atomic mass is 10.0. The third-order valence-corrected chi connectivity index (χ3v) is 3.95. The molecule has 0 fully saturated rings. The van der Waals surface area contributed by atoms with E-state index in [1.165, 1.54) is 0 Å². The van der Waals surface area contributed by atoms with Crippen molar-refractivity contribution in [3.8, 4) is 17.6 Å². The number of allylic oxidation sites excluding steroid dienone is 1. The molecule has 0 saturated carbocycles. The van der Waals surface area contributed by atoms with Gasteiger partial charge in [0.25, 0.3) is 0 Å². The Kier molecular flexibility index (Phi) is 5.48. The summed E-state index contributed by atoms with van der Waals surface area (Å²) in [5.74, 6) is 1.29. The van der Waals surface area contributed by atoms with Crippen LogP contribution in [0.5, 0.6) is 11.5 Å². The minimum Gasteiger partial charge on any atom is -0.496 e. The molecule has 5 heteroatoms. The Morgan fingerprint density at radius 2 is 1.77 bits per heavy atom. The Hall–Kier alpha value is -1.96. The zero-order chi connectivity index (χ0) is 16.1. The van der Waals surface area contributed by atoms with Gasteiger partial charge in [-0.15, -0.1) is 0 Å². The van der Waals surface area contributed by atoms with Crippen LogP contribution in [-0.4, -0.2) is 14.2 Å². The molecule has 0 saturated heterocycles. The molecule has 3 nitrogen and oxygen atoms in total. The first kappa shape index (κ1) is 16.4. The van der Waals surface area contributed by atoms with Crippen molar-refractivity contribution in [2.24, 2.45) is 0 Å². The van der Waals surface area contributed by atoms with Crippen LogP contribution in [0, 0.1) is 11.3 Å². The van der Waals surface area contributed by atoms with Gasteiger partial charge in [0, 0.05) is 16.7 Å². The van der Waals surface area contributed by atoms with Gasteiger partial charge in [-0.25, -0.2) is 0 Å². The minimum atomic E-state index is 0.520. The van der Waals surface area contributed by atoms with Gasteiger partial charge in [0.2, 0.25) is 0 Å². The van der Waals surface area contributed by atoms with E-state index < -0.39 is 0 Å². The Bertz CT molecular complexity index is 748. The number of methoxy groups -OCH3 is 2. The van der Waals surface area contributed by atoms with E-state index in [0.29, 0.717) is 22.1 Å². The maximum Gasteiger partial charge on any atom is 0.136 e. The van der Waals surface area contributed by atoms with Crippen molar-refractivity contribution in [1.29, 1.82) is 5.26 Å². The molecule has 2 aromatic rings. The second-order valence-corrected chi connectivity index (χ2v) is 5.70. The zero-order valence-corrected chi connectivity index (χ0v) is 14.4. The molecule has 0 spiro atoms. The molecule has 0 aliphatic carbocycles. The molecule has 2 aromatic carbocycles. The highest BCUT2D eigenvalue weighted by atomic mass is 79.9. The topological polar surface area (TPSA) is 42.2 Å². The summed E-state index contributed by atoms with van der Waals surface area (Å²) in [7, 11) is 3.16. The van der Waals surface area contributed by atoms with Crippen LogP contribution in [0.25, 0.3) is 11.6 Å². The molecule has 0 aliphatic heterocycles. The van der Waals surface area contributed by atoms with Crippen molar-refractivity contribution >= 4 is 39.2 Å². The molecule has 22 heavy (non-hydrogen) atoms. The highest BCUT2D eigenvalue weighted by molar-refractivity contribution is 9.10. The molecule has 0 unspecified atom stereocenters. The summed E-state index contributed by atoms with van der Waals surface area (Å²) in [6.07, 6.45) is 1.77. The van der Waals surface area contributed by atoms with E-state index in [1.807, 2.05) is 18.2 Å². The fourth-order valence-corrected chi connectivity index (χ4v) is 2.61. The number of hydrogen-bond donors (Lipinski definition) is 0. The molecule has 0 radical (unpaired) electrons. The van der Waals surface area contributed by atoms with Gasteiger partial charge < -0.3 is 9.47 Å². The largest absolute Gasteiger partial charge is 0.496 e. The predicted molar refractivity (Wildman–Crippen MR) is 92.2 cm³/mol. The summed E-state index contributed by atoms with van der Waals surface area (Å²) in [4.78, 5) is 0. The van der Waals surface area contributed by atoms with E-state index >= 15 is 0 Å². The third kappa shape index (κ3) is 3.62. The number of hydrogen-bond acceptors (Lipinski definition) is 3. The molecule has 0 bridgehead atoms. The number of halogens is 2. The van der Waals surface area contributed by atoms with Crippen molar-refractivity contribution in [2.45, 2.75) is 0 Å². The Morgan fingerprint density at radius 3 is 2.32 bits per heavy atom. The smallest absolute Gasteiger partial charge is 0.136 e. The molecule has 0 heterocycles. The fourth-order valence-electron chi connectivity index (χ4n) is 1.96. The van der Waals surface area contributed by atoms with Crippen LogP contribution in [0.1, 0.15) is 11.1 Å². The van der Waals surface area contributed by atoms with Crippen molar-refractivity contribution < 1.29 is 9.47 Å². The van der Waals surface area contributed by atoms with E-state index in [4.69, 9.17) is 21.1 Å². The molecular formula is C17H13BrClNO2. The summed E-state index contributed by atoms with van der Waals surface area (Å²) >= 11 is 9.32. The summed E-state index contributed by atoms with van der Waals surface area (Å²) < 4.78 is 11.4. The van der Waals surface area contributed by atoms with Gasteiger partial charge >= 0.3 is 0 Å². The van der Waals surface area contributed by atoms with E-state index in [-0.39, 0.29) is 0 Å².